The van der Waals surface area contributed by atoms with E-state index in [1.807, 2.05) is 95.8 Å². The van der Waals surface area contributed by atoms with Gasteiger partial charge in [0.05, 0.1) is 33.8 Å². The van der Waals surface area contributed by atoms with Gasteiger partial charge in [-0.2, -0.15) is 10.4 Å². The smallest absolute Gasteiger partial charge is 0.135 e. The summed E-state index contributed by atoms with van der Waals surface area (Å²) in [6.45, 7) is 2.86. The van der Waals surface area contributed by atoms with E-state index in [9.17, 15) is 5.26 Å². The molecule has 0 saturated heterocycles. The topological polar surface area (TPSA) is 63.7 Å². The molecule has 0 aliphatic rings. The molecule has 0 aliphatic heterocycles. The van der Waals surface area contributed by atoms with E-state index in [0.717, 1.165) is 51.3 Å². The van der Waals surface area contributed by atoms with Gasteiger partial charge in [-0.05, 0) is 61.0 Å². The summed E-state index contributed by atoms with van der Waals surface area (Å²) < 4.78 is 8.73. The fourth-order valence-electron chi connectivity index (χ4n) is 3.76. The number of nitriles is 1. The van der Waals surface area contributed by atoms with Gasteiger partial charge in [0.25, 0.3) is 0 Å². The Kier molecular flexibility index (Phi) is 6.69. The number of para-hydroxylation sites is 2. The fourth-order valence-corrected chi connectivity index (χ4v) is 4.69. The maximum atomic E-state index is 10.00. The van der Waals surface area contributed by atoms with Gasteiger partial charge in [-0.3, -0.25) is 0 Å². The van der Waals surface area contributed by atoms with Gasteiger partial charge in [-0.15, -0.1) is 11.3 Å². The zero-order valence-electron chi connectivity index (χ0n) is 19.4. The second kappa shape index (κ2) is 10.4. The predicted molar refractivity (Wildman–Crippen MR) is 143 cm³/mol. The second-order valence-corrected chi connectivity index (χ2v) is 9.13. The van der Waals surface area contributed by atoms with E-state index in [4.69, 9.17) is 9.84 Å². The lowest BCUT2D eigenvalue weighted by Gasteiger charge is -2.06. The molecular weight excluding hydrogens is 452 g/mol. The Hall–Kier alpha value is -4.21. The SMILES string of the molecule is CCCCOc1ccc(-c2nn(-c3ccccc3)cc2/C=C(/C#N)c2nc3ccccc3s2)cc1. The number of benzene rings is 3. The van der Waals surface area contributed by atoms with Crippen molar-refractivity contribution in [2.24, 2.45) is 0 Å². The number of rotatable bonds is 8. The molecule has 35 heavy (non-hydrogen) atoms. The van der Waals surface area contributed by atoms with Crippen molar-refractivity contribution in [3.63, 3.8) is 0 Å². The zero-order chi connectivity index (χ0) is 24.0. The van der Waals surface area contributed by atoms with Crippen molar-refractivity contribution in [2.75, 3.05) is 6.61 Å². The lowest BCUT2D eigenvalue weighted by molar-refractivity contribution is 0.309. The molecule has 2 heterocycles. The predicted octanol–water partition coefficient (Wildman–Crippen LogP) is 7.39. The molecule has 0 saturated carbocycles. The number of hydrogen-bond donors (Lipinski definition) is 0. The number of thiazole rings is 1. The van der Waals surface area contributed by atoms with Crippen molar-refractivity contribution < 1.29 is 4.74 Å². The highest BCUT2D eigenvalue weighted by Crippen LogP contribution is 2.32. The van der Waals surface area contributed by atoms with Gasteiger partial charge < -0.3 is 4.74 Å². The van der Waals surface area contributed by atoms with Gasteiger partial charge in [-0.1, -0.05) is 43.7 Å². The second-order valence-electron chi connectivity index (χ2n) is 8.10. The number of aromatic nitrogens is 3. The van der Waals surface area contributed by atoms with E-state index in [-0.39, 0.29) is 0 Å². The standard InChI is InChI=1S/C29H24N4OS/c1-2-3-17-34-25-15-13-21(14-16-25)28-23(20-33(32-28)24-9-5-4-6-10-24)18-22(19-30)29-31-26-11-7-8-12-27(26)35-29/h4-16,18,20H,2-3,17H2,1H3/b22-18-. The highest BCUT2D eigenvalue weighted by molar-refractivity contribution is 7.19. The third-order valence-corrected chi connectivity index (χ3v) is 6.67. The van der Waals surface area contributed by atoms with Gasteiger partial charge in [0.2, 0.25) is 0 Å². The molecule has 0 amide bonds. The number of allylic oxidation sites excluding steroid dienone is 1. The lowest BCUT2D eigenvalue weighted by Crippen LogP contribution is -1.96. The highest BCUT2D eigenvalue weighted by atomic mass is 32.1. The number of unbranched alkanes of at least 4 members (excludes halogenated alkanes) is 1. The van der Waals surface area contributed by atoms with Gasteiger partial charge in [0.1, 0.15) is 16.8 Å². The number of fused-ring (bicyclic) bond motifs is 1. The van der Waals surface area contributed by atoms with Crippen LogP contribution < -0.4 is 4.74 Å². The van der Waals surface area contributed by atoms with Crippen molar-refractivity contribution in [1.82, 2.24) is 14.8 Å². The van der Waals surface area contributed by atoms with E-state index in [1.165, 1.54) is 11.3 Å². The number of hydrogen-bond acceptors (Lipinski definition) is 5. The average molecular weight is 477 g/mol. The minimum Gasteiger partial charge on any atom is -0.494 e. The molecule has 0 N–H and O–H groups in total. The molecule has 6 heteroatoms. The van der Waals surface area contributed by atoms with Crippen LogP contribution in [-0.2, 0) is 0 Å². The fraction of sp³-hybridized carbons (Fsp3) is 0.138. The summed E-state index contributed by atoms with van der Waals surface area (Å²) in [5.41, 5.74) is 4.96. The molecule has 3 aromatic carbocycles. The summed E-state index contributed by atoms with van der Waals surface area (Å²) in [6, 6.07) is 28.2. The summed E-state index contributed by atoms with van der Waals surface area (Å²) in [7, 11) is 0. The average Bonchev–Trinajstić information content (AvgIpc) is 3.53. The summed E-state index contributed by atoms with van der Waals surface area (Å²) in [4.78, 5) is 4.68. The number of ether oxygens (including phenoxy) is 1. The normalized spacial score (nSPS) is 11.5. The van der Waals surface area contributed by atoms with Crippen LogP contribution in [-0.4, -0.2) is 21.4 Å². The largest absolute Gasteiger partial charge is 0.494 e. The minimum absolute atomic E-state index is 0.514. The Morgan fingerprint density at radius 3 is 2.54 bits per heavy atom. The van der Waals surface area contributed by atoms with E-state index in [1.54, 1.807) is 0 Å². The van der Waals surface area contributed by atoms with Crippen LogP contribution in [0.5, 0.6) is 5.75 Å². The van der Waals surface area contributed by atoms with Crippen molar-refractivity contribution in [3.8, 4) is 28.8 Å². The summed E-state index contributed by atoms with van der Waals surface area (Å²) in [5, 5.41) is 15.6. The molecule has 0 bridgehead atoms. The summed E-state index contributed by atoms with van der Waals surface area (Å²) in [5.74, 6) is 0.842. The van der Waals surface area contributed by atoms with Gasteiger partial charge in [0, 0.05) is 17.3 Å². The maximum Gasteiger partial charge on any atom is 0.135 e. The van der Waals surface area contributed by atoms with Crippen LogP contribution in [0.1, 0.15) is 30.3 Å². The molecule has 0 radical (unpaired) electrons. The Morgan fingerprint density at radius 1 is 1.03 bits per heavy atom. The first kappa shape index (κ1) is 22.6. The van der Waals surface area contributed by atoms with E-state index >= 15 is 0 Å². The minimum atomic E-state index is 0.514. The molecule has 0 atom stereocenters. The van der Waals surface area contributed by atoms with Crippen LogP contribution in [0, 0.1) is 11.3 Å². The number of nitrogens with zero attached hydrogens (tertiary/aromatic N) is 4. The lowest BCUT2D eigenvalue weighted by atomic mass is 10.1. The van der Waals surface area contributed by atoms with Crippen LogP contribution >= 0.6 is 11.3 Å². The molecule has 0 aliphatic carbocycles. The van der Waals surface area contributed by atoms with Crippen molar-refractivity contribution in [1.29, 1.82) is 5.26 Å². The van der Waals surface area contributed by atoms with Crippen LogP contribution in [0.4, 0.5) is 0 Å². The van der Waals surface area contributed by atoms with Crippen LogP contribution in [0.2, 0.25) is 0 Å². The molecular formula is C29H24N4OS. The quantitative estimate of drug-likeness (QED) is 0.173. The molecule has 0 fully saturated rings. The molecule has 5 nitrogen and oxygen atoms in total. The molecule has 5 rings (SSSR count). The Morgan fingerprint density at radius 2 is 1.80 bits per heavy atom. The first-order chi connectivity index (χ1) is 17.2. The third kappa shape index (κ3) is 5.01. The third-order valence-electron chi connectivity index (χ3n) is 5.60. The first-order valence-corrected chi connectivity index (χ1v) is 12.4. The zero-order valence-corrected chi connectivity index (χ0v) is 20.2. The monoisotopic (exact) mass is 476 g/mol. The van der Waals surface area contributed by atoms with Crippen molar-refractivity contribution in [3.05, 3.63) is 95.6 Å². The summed E-state index contributed by atoms with van der Waals surface area (Å²) in [6.07, 6.45) is 5.97. The Balaban J connectivity index is 1.56. The Bertz CT molecular complexity index is 1480. The van der Waals surface area contributed by atoms with E-state index in [0.29, 0.717) is 17.2 Å². The van der Waals surface area contributed by atoms with Crippen molar-refractivity contribution >= 4 is 33.2 Å². The van der Waals surface area contributed by atoms with Gasteiger partial charge in [0.15, 0.2) is 0 Å². The van der Waals surface area contributed by atoms with Crippen LogP contribution in [0.15, 0.2) is 85.1 Å². The van der Waals surface area contributed by atoms with E-state index < -0.39 is 0 Å². The van der Waals surface area contributed by atoms with E-state index in [2.05, 4.69) is 18.0 Å². The molecule has 2 aromatic heterocycles. The molecule has 172 valence electrons. The first-order valence-electron chi connectivity index (χ1n) is 11.6. The molecule has 0 unspecified atom stereocenters. The Labute approximate surface area is 208 Å². The highest BCUT2D eigenvalue weighted by Gasteiger charge is 2.15. The van der Waals surface area contributed by atoms with Crippen molar-refractivity contribution in [2.45, 2.75) is 19.8 Å². The molecule has 0 spiro atoms. The van der Waals surface area contributed by atoms with Crippen LogP contribution in [0.25, 0.3) is 38.8 Å². The molecule has 5 aromatic rings. The maximum absolute atomic E-state index is 10.00. The van der Waals surface area contributed by atoms with Crippen LogP contribution in [0.3, 0.4) is 0 Å². The van der Waals surface area contributed by atoms with Gasteiger partial charge in [-0.25, -0.2) is 9.67 Å². The summed E-state index contributed by atoms with van der Waals surface area (Å²) >= 11 is 1.52. The van der Waals surface area contributed by atoms with Gasteiger partial charge >= 0.3 is 0 Å².